The maximum Gasteiger partial charge on any atom is 0.433 e. The van der Waals surface area contributed by atoms with Gasteiger partial charge in [-0.25, -0.2) is 4.98 Å². The number of halogens is 3. The molecule has 1 aromatic carbocycles. The second-order valence-corrected chi connectivity index (χ2v) is 4.83. The van der Waals surface area contributed by atoms with Crippen LogP contribution in [0, 0.1) is 6.92 Å². The van der Waals surface area contributed by atoms with Crippen LogP contribution in [-0.4, -0.2) is 17.4 Å². The zero-order valence-electron chi connectivity index (χ0n) is 11.9. The number of hydrogen-bond donors (Lipinski definition) is 1. The van der Waals surface area contributed by atoms with Crippen LogP contribution in [0.4, 0.5) is 13.2 Å². The quantitative estimate of drug-likeness (QED) is 0.941. The lowest BCUT2D eigenvalue weighted by atomic mass is 10.1. The van der Waals surface area contributed by atoms with Crippen molar-refractivity contribution in [2.24, 2.45) is 0 Å². The summed E-state index contributed by atoms with van der Waals surface area (Å²) in [6.07, 6.45) is -4.22. The van der Waals surface area contributed by atoms with Crippen LogP contribution in [0.25, 0.3) is 0 Å². The standard InChI is InChI=1S/C16H15F3N2O/c1-11-5-2-3-7-13(11)15(22)20-10-9-12-6-4-8-14(21-12)16(17,18)19/h2-8H,9-10H2,1H3,(H,20,22). The van der Waals surface area contributed by atoms with Crippen LogP contribution in [0.5, 0.6) is 0 Å². The lowest BCUT2D eigenvalue weighted by Crippen LogP contribution is -2.26. The third-order valence-corrected chi connectivity index (χ3v) is 3.15. The van der Waals surface area contributed by atoms with Crippen molar-refractivity contribution in [3.05, 3.63) is 65.0 Å². The average Bonchev–Trinajstić information content (AvgIpc) is 2.47. The topological polar surface area (TPSA) is 42.0 Å². The van der Waals surface area contributed by atoms with Gasteiger partial charge in [-0.1, -0.05) is 24.3 Å². The van der Waals surface area contributed by atoms with Crippen LogP contribution >= 0.6 is 0 Å². The predicted molar refractivity (Wildman–Crippen MR) is 76.5 cm³/mol. The van der Waals surface area contributed by atoms with Crippen molar-refractivity contribution in [3.63, 3.8) is 0 Å². The van der Waals surface area contributed by atoms with E-state index in [1.54, 1.807) is 12.1 Å². The van der Waals surface area contributed by atoms with E-state index < -0.39 is 11.9 Å². The molecule has 0 saturated carbocycles. The predicted octanol–water partition coefficient (Wildman–Crippen LogP) is 3.38. The molecular formula is C16H15F3N2O. The van der Waals surface area contributed by atoms with E-state index >= 15 is 0 Å². The summed E-state index contributed by atoms with van der Waals surface area (Å²) in [6, 6.07) is 10.9. The van der Waals surface area contributed by atoms with Crippen molar-refractivity contribution in [1.29, 1.82) is 0 Å². The number of carbonyl (C=O) groups excluding carboxylic acids is 1. The van der Waals surface area contributed by atoms with E-state index in [4.69, 9.17) is 0 Å². The highest BCUT2D eigenvalue weighted by Crippen LogP contribution is 2.27. The number of carbonyl (C=O) groups is 1. The zero-order chi connectivity index (χ0) is 16.2. The Morgan fingerprint density at radius 3 is 2.55 bits per heavy atom. The van der Waals surface area contributed by atoms with Gasteiger partial charge in [0, 0.05) is 24.2 Å². The molecule has 0 radical (unpaired) electrons. The Morgan fingerprint density at radius 1 is 1.14 bits per heavy atom. The number of alkyl halides is 3. The summed E-state index contributed by atoms with van der Waals surface area (Å²) in [5.41, 5.74) is 0.770. The summed E-state index contributed by atoms with van der Waals surface area (Å²) in [6.45, 7) is 2.05. The number of pyridine rings is 1. The Kier molecular flexibility index (Phi) is 4.80. The fourth-order valence-electron chi connectivity index (χ4n) is 2.00. The molecular weight excluding hydrogens is 293 g/mol. The number of benzene rings is 1. The smallest absolute Gasteiger partial charge is 0.352 e. The first-order valence-electron chi connectivity index (χ1n) is 6.75. The molecule has 116 valence electrons. The van der Waals surface area contributed by atoms with Crippen LogP contribution in [-0.2, 0) is 12.6 Å². The van der Waals surface area contributed by atoms with Crippen molar-refractivity contribution in [1.82, 2.24) is 10.3 Å². The van der Waals surface area contributed by atoms with E-state index in [9.17, 15) is 18.0 Å². The Hall–Kier alpha value is -2.37. The summed E-state index contributed by atoms with van der Waals surface area (Å²) in [5.74, 6) is -0.245. The monoisotopic (exact) mass is 308 g/mol. The molecule has 0 fully saturated rings. The fraction of sp³-hybridized carbons (Fsp3) is 0.250. The van der Waals surface area contributed by atoms with Gasteiger partial charge in [-0.2, -0.15) is 13.2 Å². The Labute approximate surface area is 126 Å². The molecule has 22 heavy (non-hydrogen) atoms. The third-order valence-electron chi connectivity index (χ3n) is 3.15. The van der Waals surface area contributed by atoms with E-state index in [-0.39, 0.29) is 18.9 Å². The second-order valence-electron chi connectivity index (χ2n) is 4.83. The first kappa shape index (κ1) is 16.0. The van der Waals surface area contributed by atoms with Gasteiger partial charge in [0.05, 0.1) is 0 Å². The van der Waals surface area contributed by atoms with Crippen LogP contribution in [0.1, 0.15) is 27.3 Å². The average molecular weight is 308 g/mol. The first-order chi connectivity index (χ1) is 10.4. The molecule has 0 atom stereocenters. The van der Waals surface area contributed by atoms with Gasteiger partial charge in [0.25, 0.3) is 5.91 Å². The number of nitrogens with zero attached hydrogens (tertiary/aromatic N) is 1. The van der Waals surface area contributed by atoms with E-state index in [1.807, 2.05) is 19.1 Å². The number of nitrogens with one attached hydrogen (secondary N) is 1. The highest BCUT2D eigenvalue weighted by atomic mass is 19.4. The van der Waals surface area contributed by atoms with Gasteiger partial charge in [0.2, 0.25) is 0 Å². The summed E-state index contributed by atoms with van der Waals surface area (Å²) < 4.78 is 37.7. The molecule has 0 aliphatic rings. The molecule has 0 unspecified atom stereocenters. The molecule has 6 heteroatoms. The number of rotatable bonds is 4. The largest absolute Gasteiger partial charge is 0.433 e. The van der Waals surface area contributed by atoms with Gasteiger partial charge in [0.15, 0.2) is 0 Å². The minimum atomic E-state index is -4.46. The Bertz CT molecular complexity index is 668. The van der Waals surface area contributed by atoms with Gasteiger partial charge >= 0.3 is 6.18 Å². The summed E-state index contributed by atoms with van der Waals surface area (Å²) in [7, 11) is 0. The van der Waals surface area contributed by atoms with Crippen molar-refractivity contribution in [3.8, 4) is 0 Å². The molecule has 0 bridgehead atoms. The van der Waals surface area contributed by atoms with E-state index in [2.05, 4.69) is 10.3 Å². The van der Waals surface area contributed by atoms with Crippen molar-refractivity contribution in [2.45, 2.75) is 19.5 Å². The number of hydrogen-bond acceptors (Lipinski definition) is 2. The van der Waals surface area contributed by atoms with Crippen molar-refractivity contribution >= 4 is 5.91 Å². The SMILES string of the molecule is Cc1ccccc1C(=O)NCCc1cccc(C(F)(F)F)n1. The molecule has 1 amide bonds. The zero-order valence-corrected chi connectivity index (χ0v) is 11.9. The van der Waals surface area contributed by atoms with Crippen molar-refractivity contribution < 1.29 is 18.0 Å². The molecule has 1 heterocycles. The van der Waals surface area contributed by atoms with Gasteiger partial charge < -0.3 is 5.32 Å². The van der Waals surface area contributed by atoms with E-state index in [1.165, 1.54) is 12.1 Å². The molecule has 0 saturated heterocycles. The number of amides is 1. The normalized spacial score (nSPS) is 11.3. The first-order valence-corrected chi connectivity index (χ1v) is 6.75. The molecule has 0 aliphatic heterocycles. The second kappa shape index (κ2) is 6.60. The number of aromatic nitrogens is 1. The van der Waals surface area contributed by atoms with Gasteiger partial charge in [-0.05, 0) is 30.7 Å². The summed E-state index contributed by atoms with van der Waals surface area (Å²) in [4.78, 5) is 15.5. The Balaban J connectivity index is 1.94. The molecule has 0 aliphatic carbocycles. The van der Waals surface area contributed by atoms with Crippen LogP contribution in [0.15, 0.2) is 42.5 Å². The highest BCUT2D eigenvalue weighted by Gasteiger charge is 2.32. The fourth-order valence-corrected chi connectivity index (χ4v) is 2.00. The highest BCUT2D eigenvalue weighted by molar-refractivity contribution is 5.95. The number of aryl methyl sites for hydroxylation is 1. The lowest BCUT2D eigenvalue weighted by Gasteiger charge is -2.09. The van der Waals surface area contributed by atoms with E-state index in [0.29, 0.717) is 11.3 Å². The van der Waals surface area contributed by atoms with Gasteiger partial charge in [-0.3, -0.25) is 4.79 Å². The molecule has 1 aromatic heterocycles. The summed E-state index contributed by atoms with van der Waals surface area (Å²) in [5, 5.41) is 2.69. The molecule has 2 rings (SSSR count). The molecule has 0 spiro atoms. The van der Waals surface area contributed by atoms with Crippen molar-refractivity contribution in [2.75, 3.05) is 6.54 Å². The van der Waals surface area contributed by atoms with Crippen LogP contribution in [0.3, 0.4) is 0 Å². The minimum absolute atomic E-state index is 0.224. The van der Waals surface area contributed by atoms with Crippen LogP contribution in [0.2, 0.25) is 0 Å². The maximum atomic E-state index is 12.6. The molecule has 1 N–H and O–H groups in total. The van der Waals surface area contributed by atoms with Gasteiger partial charge in [0.1, 0.15) is 5.69 Å². The Morgan fingerprint density at radius 2 is 1.86 bits per heavy atom. The molecule has 2 aromatic rings. The minimum Gasteiger partial charge on any atom is -0.352 e. The van der Waals surface area contributed by atoms with Gasteiger partial charge in [-0.15, -0.1) is 0 Å². The summed E-state index contributed by atoms with van der Waals surface area (Å²) >= 11 is 0. The van der Waals surface area contributed by atoms with E-state index in [0.717, 1.165) is 11.6 Å². The maximum absolute atomic E-state index is 12.6. The lowest BCUT2D eigenvalue weighted by molar-refractivity contribution is -0.141. The van der Waals surface area contributed by atoms with Crippen LogP contribution < -0.4 is 5.32 Å². The third kappa shape index (κ3) is 4.07. The molecule has 3 nitrogen and oxygen atoms in total.